The smallest absolute Gasteiger partial charge is 0.407 e. The van der Waals surface area contributed by atoms with Crippen LogP contribution in [0, 0.1) is 23.7 Å². The molecule has 60 heavy (non-hydrogen) atoms. The van der Waals surface area contributed by atoms with Crippen molar-refractivity contribution >= 4 is 189 Å². The van der Waals surface area contributed by atoms with Gasteiger partial charge in [0.25, 0.3) is 0 Å². The third-order valence-electron chi connectivity index (χ3n) is 7.71. The van der Waals surface area contributed by atoms with Gasteiger partial charge in [-0.05, 0) is 101 Å². The van der Waals surface area contributed by atoms with Crippen LogP contribution in [-0.4, -0.2) is 81.8 Å². The number of ether oxygens (including phenoxy) is 2. The van der Waals surface area contributed by atoms with Gasteiger partial charge in [-0.3, -0.25) is 0 Å². The third kappa shape index (κ3) is 19.3. The molecule has 4 aliphatic heterocycles. The van der Waals surface area contributed by atoms with Gasteiger partial charge in [0.05, 0.1) is 59.8 Å². The number of thioether (sulfide) groups is 15. The molecule has 0 bridgehead atoms. The fourth-order valence-electron chi connectivity index (χ4n) is 4.79. The number of alkyl carbamates (subject to hydrolysis) is 2. The molecular formula is C39H50N2O4S15. The Morgan fingerprint density at radius 1 is 0.483 bits per heavy atom. The molecule has 4 rings (SSSR count). The average Bonchev–Trinajstić information content (AvgIpc) is 4.07. The SMILES string of the molecule is CSC1=C(CCCCNC(=O)OCCCCC#CC#CCCCCOC(=O)NCCCSC2=C(SC)SC(=C3SC(SC)=C(SC)S3)S2)SC(=C2SC(SC)=C(SC)S2)S1. The largest absolute Gasteiger partial charge is 0.450 e. The normalized spacial score (nSPS) is 16.6. The van der Waals surface area contributed by atoms with E-state index >= 15 is 0 Å². The summed E-state index contributed by atoms with van der Waals surface area (Å²) in [6, 6.07) is 0. The van der Waals surface area contributed by atoms with Gasteiger partial charge in [-0.2, -0.15) is 0 Å². The molecule has 0 aliphatic carbocycles. The molecule has 2 amide bonds. The molecular weight excluding hydrogens is 1040 g/mol. The van der Waals surface area contributed by atoms with Crippen molar-refractivity contribution in [2.24, 2.45) is 0 Å². The Labute approximate surface area is 422 Å². The molecule has 0 unspecified atom stereocenters. The van der Waals surface area contributed by atoms with E-state index in [1.807, 2.05) is 176 Å². The summed E-state index contributed by atoms with van der Waals surface area (Å²) in [6.07, 6.45) is 20.8. The Morgan fingerprint density at radius 3 is 1.35 bits per heavy atom. The lowest BCUT2D eigenvalue weighted by atomic mass is 10.2. The molecule has 0 spiro atoms. The Hall–Kier alpha value is 1.35. The Balaban J connectivity index is 0.925. The summed E-state index contributed by atoms with van der Waals surface area (Å²) >= 11 is 28.1. The summed E-state index contributed by atoms with van der Waals surface area (Å²) in [6.45, 7) is 2.00. The number of unbranched alkanes of at least 4 members (excludes halogenated alkanes) is 5. The van der Waals surface area contributed by atoms with Crippen molar-refractivity contribution < 1.29 is 19.1 Å². The minimum atomic E-state index is -0.355. The van der Waals surface area contributed by atoms with Crippen LogP contribution in [0.15, 0.2) is 51.5 Å². The zero-order chi connectivity index (χ0) is 43.0. The summed E-state index contributed by atoms with van der Waals surface area (Å²) in [4.78, 5) is 25.7. The monoisotopic (exact) mass is 1090 g/mol. The molecule has 0 saturated carbocycles. The van der Waals surface area contributed by atoms with Crippen LogP contribution in [0.1, 0.15) is 64.2 Å². The number of allylic oxidation sites excluding steroid dienone is 1. The Bertz CT molecular complexity index is 1650. The first-order valence-electron chi connectivity index (χ1n) is 18.8. The van der Waals surface area contributed by atoms with E-state index in [9.17, 15) is 9.59 Å². The first-order valence-corrected chi connectivity index (χ1v) is 33.7. The lowest BCUT2D eigenvalue weighted by molar-refractivity contribution is 0.143. The molecule has 0 fully saturated rings. The van der Waals surface area contributed by atoms with Crippen LogP contribution in [-0.2, 0) is 9.47 Å². The van der Waals surface area contributed by atoms with Gasteiger partial charge in [-0.25, -0.2) is 9.59 Å². The highest BCUT2D eigenvalue weighted by Crippen LogP contribution is 2.66. The van der Waals surface area contributed by atoms with Gasteiger partial charge in [-0.1, -0.05) is 106 Å². The van der Waals surface area contributed by atoms with Crippen molar-refractivity contribution in [1.29, 1.82) is 0 Å². The van der Waals surface area contributed by atoms with Gasteiger partial charge in [0.15, 0.2) is 0 Å². The van der Waals surface area contributed by atoms with Crippen molar-refractivity contribution in [2.45, 2.75) is 64.2 Å². The minimum absolute atomic E-state index is 0.347. The van der Waals surface area contributed by atoms with E-state index in [2.05, 4.69) is 71.8 Å². The molecule has 0 saturated heterocycles. The first-order chi connectivity index (χ1) is 29.3. The minimum Gasteiger partial charge on any atom is -0.450 e. The molecule has 0 aromatic carbocycles. The lowest BCUT2D eigenvalue weighted by Crippen LogP contribution is -2.26. The van der Waals surface area contributed by atoms with Gasteiger partial charge in [0, 0.05) is 36.6 Å². The fourth-order valence-corrected chi connectivity index (χ4v) is 24.7. The second kappa shape index (κ2) is 32.1. The topological polar surface area (TPSA) is 76.7 Å². The fraction of sp³-hybridized carbons (Fsp3) is 0.538. The van der Waals surface area contributed by atoms with E-state index in [1.165, 1.54) is 51.5 Å². The number of rotatable bonds is 24. The van der Waals surface area contributed by atoms with E-state index in [0.29, 0.717) is 26.3 Å². The number of nitrogens with one attached hydrogen (secondary N) is 2. The average molecular weight is 1090 g/mol. The van der Waals surface area contributed by atoms with E-state index in [4.69, 9.17) is 9.47 Å². The highest BCUT2D eigenvalue weighted by Gasteiger charge is 2.31. The van der Waals surface area contributed by atoms with Gasteiger partial charge in [0.2, 0.25) is 0 Å². The van der Waals surface area contributed by atoms with Crippen LogP contribution < -0.4 is 10.6 Å². The molecule has 4 aliphatic rings. The summed E-state index contributed by atoms with van der Waals surface area (Å²) in [5.41, 5.74) is 0. The highest BCUT2D eigenvalue weighted by molar-refractivity contribution is 8.45. The summed E-state index contributed by atoms with van der Waals surface area (Å²) < 4.78 is 26.1. The van der Waals surface area contributed by atoms with E-state index in [-0.39, 0.29) is 12.2 Å². The van der Waals surface area contributed by atoms with Crippen molar-refractivity contribution in [3.05, 3.63) is 51.5 Å². The van der Waals surface area contributed by atoms with Crippen LogP contribution in [0.5, 0.6) is 0 Å². The lowest BCUT2D eigenvalue weighted by Gasteiger charge is -2.07. The van der Waals surface area contributed by atoms with Crippen molar-refractivity contribution in [3.8, 4) is 23.7 Å². The second-order valence-electron chi connectivity index (χ2n) is 11.9. The molecule has 0 atom stereocenters. The molecule has 21 heteroatoms. The molecule has 0 aromatic heterocycles. The predicted octanol–water partition coefficient (Wildman–Crippen LogP) is 16.0. The number of carbonyl (C=O) groups excluding carboxylic acids is 2. The van der Waals surface area contributed by atoms with Crippen LogP contribution in [0.4, 0.5) is 9.59 Å². The van der Waals surface area contributed by atoms with Crippen molar-refractivity contribution in [2.75, 3.05) is 69.6 Å². The first kappa shape index (κ1) is 54.0. The maximum atomic E-state index is 12.1. The molecule has 4 heterocycles. The maximum absolute atomic E-state index is 12.1. The van der Waals surface area contributed by atoms with Crippen LogP contribution >= 0.6 is 176 Å². The maximum Gasteiger partial charge on any atom is 0.407 e. The number of amides is 2. The quantitative estimate of drug-likeness (QED) is 0.0711. The molecule has 0 aromatic rings. The number of hydrogen-bond acceptors (Lipinski definition) is 19. The van der Waals surface area contributed by atoms with Crippen LogP contribution in [0.25, 0.3) is 0 Å². The standard InChI is InChI=1S/C39H50N2O4S15/c1-46-27-26(53-34(54-27)35-55-28(47-2)29(48-3)56-35)20-15-16-21-40-38(42)44-23-17-13-11-9-7-8-10-12-14-18-24-45-39(43)41-22-19-25-52-33-32(51-6)59-37(60-33)36-57-30(49-4)31(50-5)58-36/h11-25H2,1-6H3,(H,40,42)(H,41,43). The second-order valence-corrected chi connectivity index (χ2v) is 29.0. The molecule has 6 nitrogen and oxygen atoms in total. The summed E-state index contributed by atoms with van der Waals surface area (Å²) in [5.74, 6) is 12.9. The predicted molar refractivity (Wildman–Crippen MR) is 297 cm³/mol. The van der Waals surface area contributed by atoms with Gasteiger partial charge in [0.1, 0.15) is 0 Å². The number of carbonyl (C=O) groups is 2. The number of hydrogen-bond donors (Lipinski definition) is 2. The highest BCUT2D eigenvalue weighted by atomic mass is 32.3. The van der Waals surface area contributed by atoms with Crippen molar-refractivity contribution in [1.82, 2.24) is 10.6 Å². The van der Waals surface area contributed by atoms with Crippen molar-refractivity contribution in [3.63, 3.8) is 0 Å². The van der Waals surface area contributed by atoms with E-state index < -0.39 is 0 Å². The van der Waals surface area contributed by atoms with Crippen LogP contribution in [0.2, 0.25) is 0 Å². The third-order valence-corrected chi connectivity index (χ3v) is 28.6. The molecule has 0 radical (unpaired) electrons. The van der Waals surface area contributed by atoms with Crippen LogP contribution in [0.3, 0.4) is 0 Å². The Morgan fingerprint density at radius 2 is 0.883 bits per heavy atom. The molecule has 2 N–H and O–H groups in total. The Kier molecular flexibility index (Phi) is 28.9. The van der Waals surface area contributed by atoms with Gasteiger partial charge in [-0.15, -0.1) is 82.3 Å². The molecule has 330 valence electrons. The van der Waals surface area contributed by atoms with Gasteiger partial charge >= 0.3 is 12.2 Å². The zero-order valence-corrected chi connectivity index (χ0v) is 46.6. The summed E-state index contributed by atoms with van der Waals surface area (Å²) in [5, 5.41) is 5.77. The van der Waals surface area contributed by atoms with E-state index in [1.54, 1.807) is 0 Å². The zero-order valence-electron chi connectivity index (χ0n) is 34.4. The van der Waals surface area contributed by atoms with E-state index in [0.717, 1.165) is 70.0 Å². The summed E-state index contributed by atoms with van der Waals surface area (Å²) in [7, 11) is 0. The van der Waals surface area contributed by atoms with Gasteiger partial charge < -0.3 is 20.1 Å².